The predicted octanol–water partition coefficient (Wildman–Crippen LogP) is 2.80. The number of benzene rings is 1. The smallest absolute Gasteiger partial charge is 0.269 e. The summed E-state index contributed by atoms with van der Waals surface area (Å²) in [4.78, 5) is 24.1. The zero-order valence-corrected chi connectivity index (χ0v) is 16.6. The van der Waals surface area contributed by atoms with E-state index in [9.17, 15) is 4.79 Å². The summed E-state index contributed by atoms with van der Waals surface area (Å²) in [5, 5.41) is 8.14. The second kappa shape index (κ2) is 9.29. The summed E-state index contributed by atoms with van der Waals surface area (Å²) >= 11 is 1.63. The van der Waals surface area contributed by atoms with Gasteiger partial charge >= 0.3 is 0 Å². The molecule has 1 aliphatic rings. The lowest BCUT2D eigenvalue weighted by Crippen LogP contribution is -2.42. The molecule has 0 aliphatic carbocycles. The summed E-state index contributed by atoms with van der Waals surface area (Å²) in [7, 11) is 0. The highest BCUT2D eigenvalue weighted by atomic mass is 32.1. The molecule has 2 aromatic rings. The van der Waals surface area contributed by atoms with Crippen molar-refractivity contribution < 1.29 is 4.79 Å². The number of nitrogens with one attached hydrogen (secondary N) is 2. The molecule has 0 unspecified atom stereocenters. The van der Waals surface area contributed by atoms with E-state index in [4.69, 9.17) is 5.73 Å². The average Bonchev–Trinajstić information content (AvgIpc) is 3.25. The third-order valence-corrected chi connectivity index (χ3v) is 5.33. The molecule has 2 heterocycles. The van der Waals surface area contributed by atoms with Crippen molar-refractivity contribution in [2.75, 3.05) is 37.2 Å². The molecule has 0 spiro atoms. The maximum absolute atomic E-state index is 12.5. The van der Waals surface area contributed by atoms with E-state index >= 15 is 0 Å². The summed E-state index contributed by atoms with van der Waals surface area (Å²) in [6, 6.07) is 9.62. The molecule has 1 aromatic carbocycles. The Kier molecular flexibility index (Phi) is 6.57. The number of amides is 1. The molecule has 3 rings (SSSR count). The zero-order chi connectivity index (χ0) is 19.9. The second-order valence-corrected chi connectivity index (χ2v) is 7.28. The number of carbonyl (C=O) groups is 1. The molecule has 1 aliphatic heterocycles. The van der Waals surface area contributed by atoms with Crippen molar-refractivity contribution in [3.8, 4) is 10.4 Å². The molecule has 4 N–H and O–H groups in total. The number of carbonyl (C=O) groups excluding carboxylic acids is 1. The van der Waals surface area contributed by atoms with Gasteiger partial charge in [-0.15, -0.1) is 11.3 Å². The quantitative estimate of drug-likeness (QED) is 0.517. The van der Waals surface area contributed by atoms with Gasteiger partial charge in [-0.05, 0) is 42.8 Å². The van der Waals surface area contributed by atoms with Gasteiger partial charge < -0.3 is 21.3 Å². The molecule has 8 heteroatoms. The minimum Gasteiger partial charge on any atom is -0.397 e. The predicted molar refractivity (Wildman–Crippen MR) is 118 cm³/mol. The fourth-order valence-corrected chi connectivity index (χ4v) is 3.53. The fourth-order valence-electron chi connectivity index (χ4n) is 2.80. The van der Waals surface area contributed by atoms with Gasteiger partial charge in [0.15, 0.2) is 0 Å². The molecule has 0 bridgehead atoms. The Morgan fingerprint density at radius 2 is 2.14 bits per heavy atom. The molecule has 1 aromatic heterocycles. The van der Waals surface area contributed by atoms with E-state index in [0.29, 0.717) is 22.9 Å². The van der Waals surface area contributed by atoms with E-state index in [-0.39, 0.29) is 5.91 Å². The summed E-state index contributed by atoms with van der Waals surface area (Å²) in [6.45, 7) is 8.69. The number of piperazine rings is 1. The Morgan fingerprint density at radius 1 is 1.36 bits per heavy atom. The molecular formula is C20H24N6OS. The first-order valence-corrected chi connectivity index (χ1v) is 9.88. The van der Waals surface area contributed by atoms with Crippen LogP contribution in [0.25, 0.3) is 10.4 Å². The number of hydrogen-bond donors (Lipinski definition) is 3. The van der Waals surface area contributed by atoms with Crippen LogP contribution in [-0.2, 0) is 4.79 Å². The molecular weight excluding hydrogens is 372 g/mol. The van der Waals surface area contributed by atoms with E-state index in [1.54, 1.807) is 30.5 Å². The van der Waals surface area contributed by atoms with Crippen LogP contribution in [-0.4, -0.2) is 49.4 Å². The third kappa shape index (κ3) is 4.85. The minimum absolute atomic E-state index is 0.310. The number of rotatable bonds is 6. The Balaban J connectivity index is 1.73. The second-order valence-electron chi connectivity index (χ2n) is 6.33. The van der Waals surface area contributed by atoms with Crippen molar-refractivity contribution in [2.45, 2.75) is 6.92 Å². The van der Waals surface area contributed by atoms with Gasteiger partial charge in [-0.1, -0.05) is 12.1 Å². The Labute approximate surface area is 168 Å². The normalized spacial score (nSPS) is 15.4. The molecule has 1 saturated heterocycles. The van der Waals surface area contributed by atoms with Gasteiger partial charge in [-0.3, -0.25) is 9.79 Å². The van der Waals surface area contributed by atoms with Gasteiger partial charge in [0.2, 0.25) is 0 Å². The van der Waals surface area contributed by atoms with Crippen molar-refractivity contribution in [2.24, 2.45) is 9.98 Å². The average molecular weight is 397 g/mol. The van der Waals surface area contributed by atoms with Crippen molar-refractivity contribution in [1.82, 2.24) is 10.2 Å². The standard InChI is InChI=1S/C20H24N6OS/c1-14(24-13-19(22-2)26-9-7-23-8-10-26)20(27)25-17-12-15(5-6-16(17)21)18-4-3-11-28-18/h3-6,11-13,23H,2,7-10,21H2,1H3,(H,25,27)/b19-13+,24-14+. The lowest BCUT2D eigenvalue weighted by atomic mass is 10.1. The lowest BCUT2D eigenvalue weighted by molar-refractivity contribution is -0.110. The van der Waals surface area contributed by atoms with E-state index in [2.05, 4.69) is 32.2 Å². The van der Waals surface area contributed by atoms with Crippen molar-refractivity contribution in [1.29, 1.82) is 0 Å². The molecule has 0 saturated carbocycles. The molecule has 146 valence electrons. The number of aliphatic imine (C=N–C) groups is 2. The molecule has 1 amide bonds. The van der Waals surface area contributed by atoms with Crippen LogP contribution in [0, 0.1) is 0 Å². The van der Waals surface area contributed by atoms with Crippen molar-refractivity contribution in [3.05, 3.63) is 47.7 Å². The SMILES string of the molecule is C=N/C(=C\N=C(/C)C(=O)Nc1cc(-c2cccs2)ccc1N)N1CCNCC1. The van der Waals surface area contributed by atoms with Gasteiger partial charge in [-0.25, -0.2) is 4.99 Å². The summed E-state index contributed by atoms with van der Waals surface area (Å²) < 4.78 is 0. The first-order valence-electron chi connectivity index (χ1n) is 9.00. The summed E-state index contributed by atoms with van der Waals surface area (Å²) in [5.41, 5.74) is 8.43. The highest BCUT2D eigenvalue weighted by Gasteiger charge is 2.13. The Hall–Kier alpha value is -2.97. The van der Waals surface area contributed by atoms with E-state index in [1.807, 2.05) is 29.6 Å². The van der Waals surface area contributed by atoms with Gasteiger partial charge in [0.05, 0.1) is 17.6 Å². The first-order chi connectivity index (χ1) is 13.6. The third-order valence-electron chi connectivity index (χ3n) is 4.41. The number of nitrogen functional groups attached to an aromatic ring is 1. The molecule has 0 radical (unpaired) electrons. The summed E-state index contributed by atoms with van der Waals surface area (Å²) in [5.74, 6) is 0.350. The van der Waals surface area contributed by atoms with Crippen LogP contribution < -0.4 is 16.4 Å². The van der Waals surface area contributed by atoms with E-state index < -0.39 is 0 Å². The van der Waals surface area contributed by atoms with Crippen LogP contribution in [0.1, 0.15) is 6.92 Å². The van der Waals surface area contributed by atoms with E-state index in [1.165, 1.54) is 0 Å². The topological polar surface area (TPSA) is 95.1 Å². The fraction of sp³-hybridized carbons (Fsp3) is 0.250. The molecule has 0 atom stereocenters. The van der Waals surface area contributed by atoms with E-state index in [0.717, 1.165) is 36.6 Å². The van der Waals surface area contributed by atoms with Crippen LogP contribution in [0.3, 0.4) is 0 Å². The van der Waals surface area contributed by atoms with Crippen molar-refractivity contribution >= 4 is 41.0 Å². The monoisotopic (exact) mass is 396 g/mol. The van der Waals surface area contributed by atoms with Gasteiger partial charge in [0.25, 0.3) is 5.91 Å². The van der Waals surface area contributed by atoms with Gasteiger partial charge in [-0.2, -0.15) is 0 Å². The molecule has 1 fully saturated rings. The molecule has 28 heavy (non-hydrogen) atoms. The first kappa shape index (κ1) is 19.8. The van der Waals surface area contributed by atoms with Crippen LogP contribution >= 0.6 is 11.3 Å². The Bertz CT molecular complexity index is 897. The Morgan fingerprint density at radius 3 is 2.82 bits per heavy atom. The van der Waals surface area contributed by atoms with Gasteiger partial charge in [0.1, 0.15) is 11.5 Å². The molecule has 7 nitrogen and oxygen atoms in total. The van der Waals surface area contributed by atoms with Crippen LogP contribution in [0.4, 0.5) is 11.4 Å². The van der Waals surface area contributed by atoms with Crippen molar-refractivity contribution in [3.63, 3.8) is 0 Å². The maximum Gasteiger partial charge on any atom is 0.269 e. The largest absolute Gasteiger partial charge is 0.397 e. The lowest BCUT2D eigenvalue weighted by Gasteiger charge is -2.28. The highest BCUT2D eigenvalue weighted by Crippen LogP contribution is 2.30. The maximum atomic E-state index is 12.5. The minimum atomic E-state index is -0.310. The zero-order valence-electron chi connectivity index (χ0n) is 15.8. The number of nitrogens with zero attached hydrogens (tertiary/aromatic N) is 3. The number of hydrogen-bond acceptors (Lipinski definition) is 7. The van der Waals surface area contributed by atoms with Crippen LogP contribution in [0.5, 0.6) is 0 Å². The summed E-state index contributed by atoms with van der Waals surface area (Å²) in [6.07, 6.45) is 1.58. The van der Waals surface area contributed by atoms with Gasteiger partial charge in [0, 0.05) is 31.1 Å². The van der Waals surface area contributed by atoms with Crippen LogP contribution in [0.15, 0.2) is 57.7 Å². The number of nitrogens with two attached hydrogens (primary N) is 1. The van der Waals surface area contributed by atoms with Crippen LogP contribution in [0.2, 0.25) is 0 Å². The number of thiophene rings is 1. The number of anilines is 2. The highest BCUT2D eigenvalue weighted by molar-refractivity contribution is 7.13.